The number of nitrogens with zero attached hydrogens (tertiary/aromatic N) is 7. The molecule has 26 heteroatoms. The number of aromatic carboxylic acids is 1. The van der Waals surface area contributed by atoms with E-state index < -0.39 is 27.4 Å². The van der Waals surface area contributed by atoms with Crippen LogP contribution >= 0.6 is 11.3 Å². The average Bonchev–Trinajstić information content (AvgIpc) is 1.46. The van der Waals surface area contributed by atoms with Gasteiger partial charge in [0, 0.05) is 67.3 Å². The van der Waals surface area contributed by atoms with Crippen molar-refractivity contribution >= 4 is 72.2 Å². The van der Waals surface area contributed by atoms with E-state index in [1.54, 1.807) is 12.3 Å². The first-order valence-electron chi connectivity index (χ1n) is 30.9. The molecule has 11 rings (SSSR count). The van der Waals surface area contributed by atoms with Crippen molar-refractivity contribution < 1.29 is 75.2 Å². The lowest BCUT2D eigenvalue weighted by atomic mass is 9.40. The number of thiazole rings is 1. The summed E-state index contributed by atoms with van der Waals surface area (Å²) in [6.07, 6.45) is 10.4. The van der Waals surface area contributed by atoms with Crippen molar-refractivity contribution in [3.05, 3.63) is 101 Å². The second-order valence-corrected chi connectivity index (χ2v) is 27.9. The smallest absolute Gasteiger partial charge is 0.355 e. The summed E-state index contributed by atoms with van der Waals surface area (Å²) >= 11 is 1.41. The number of hydrogen-bond acceptors (Lipinski definition) is 19. The fraction of sp³-hybridized carbons (Fsp3) is 0.562. The minimum atomic E-state index is -4.37. The lowest BCUT2D eigenvalue weighted by Gasteiger charge is -2.64. The highest BCUT2D eigenvalue weighted by Crippen LogP contribution is 2.89. The Morgan fingerprint density at radius 3 is 2.08 bits per heavy atom. The van der Waals surface area contributed by atoms with E-state index in [9.17, 15) is 42.0 Å². The van der Waals surface area contributed by atoms with Crippen molar-refractivity contribution in [2.75, 3.05) is 128 Å². The van der Waals surface area contributed by atoms with Crippen LogP contribution in [0.5, 0.6) is 0 Å². The highest BCUT2D eigenvalue weighted by atomic mass is 32.2. The topological polar surface area (TPSA) is 290 Å². The van der Waals surface area contributed by atoms with Crippen molar-refractivity contribution in [1.29, 1.82) is 0 Å². The second kappa shape index (κ2) is 27.3. The van der Waals surface area contributed by atoms with E-state index in [-0.39, 0.29) is 110 Å². The van der Waals surface area contributed by atoms with E-state index in [4.69, 9.17) is 43.2 Å². The first kappa shape index (κ1) is 64.9. The zero-order valence-electron chi connectivity index (χ0n) is 51.3. The maximum atomic E-state index is 13.8. The number of nitrogens with one attached hydrogen (secondary N) is 1. The number of amides is 4. The fourth-order valence-electron chi connectivity index (χ4n) is 15.9. The Morgan fingerprint density at radius 1 is 0.733 bits per heavy atom. The van der Waals surface area contributed by atoms with Crippen LogP contribution in [-0.2, 0) is 77.2 Å². The molecule has 3 aromatic heterocycles. The molecule has 2 aromatic carbocycles. The Labute approximate surface area is 527 Å². The Hall–Kier alpha value is -6.59. The van der Waals surface area contributed by atoms with E-state index in [1.807, 2.05) is 65.0 Å². The Bertz CT molecular complexity index is 3580. The zero-order chi connectivity index (χ0) is 63.3. The summed E-state index contributed by atoms with van der Waals surface area (Å²) in [6, 6.07) is 17.1. The van der Waals surface area contributed by atoms with Crippen LogP contribution in [0, 0.1) is 28.6 Å². The van der Waals surface area contributed by atoms with Gasteiger partial charge in [-0.1, -0.05) is 49.4 Å². The monoisotopic (exact) mass is 1280 g/mol. The zero-order valence-corrected chi connectivity index (χ0v) is 52.9. The average molecular weight is 1280 g/mol. The number of anilines is 2. The molecule has 4 fully saturated rings. The third-order valence-corrected chi connectivity index (χ3v) is 21.0. The standard InChI is InChI=1S/C64H80N8O16S2/c1-44-48(46-11-12-52(67-56(46)58(77)78)70-17-15-45-7-6-8-47(49(45)36-70)57(76)68-59-66-50-9-4-5-10-51(50)89-59)35-65-72(44)43-62-38-60(2)37-61(3)39-63(40-62,42-64(60,61)41-62)88-23-18-69(20-34-90(79,80)81)53(73)16-21-82-24-26-84-28-30-86-32-33-87-31-29-85-27-25-83-22-19-71-54(74)13-14-55(71)75/h4-14,35H,15-34,36-43H2,1-3H3,(H,77,78)(H,66,68,76)(H,79,80,81). The second-order valence-electron chi connectivity index (χ2n) is 25.3. The number of aromatic nitrogens is 4. The Balaban J connectivity index is 0.636. The molecule has 4 amide bonds. The molecule has 24 nitrogen and oxygen atoms in total. The van der Waals surface area contributed by atoms with E-state index >= 15 is 0 Å². The molecule has 5 atom stereocenters. The number of carboxylic acids is 1. The molecule has 1 spiro atoms. The fourth-order valence-corrected chi connectivity index (χ4v) is 17.2. The van der Waals surface area contributed by atoms with Crippen LogP contribution in [0.4, 0.5) is 10.9 Å². The largest absolute Gasteiger partial charge is 0.476 e. The van der Waals surface area contributed by atoms with Gasteiger partial charge in [0.2, 0.25) is 5.91 Å². The summed E-state index contributed by atoms with van der Waals surface area (Å²) in [6.45, 7) is 12.3. The molecule has 5 aromatic rings. The maximum absolute atomic E-state index is 13.8. The van der Waals surface area contributed by atoms with Crippen LogP contribution in [0.2, 0.25) is 0 Å². The molecule has 3 bridgehead atoms. The number of carbonyl (C=O) groups excluding carboxylic acids is 4. The van der Waals surface area contributed by atoms with Crippen molar-refractivity contribution in [3.8, 4) is 11.1 Å². The van der Waals surface area contributed by atoms with Gasteiger partial charge in [0.1, 0.15) is 5.82 Å². The predicted octanol–water partition coefficient (Wildman–Crippen LogP) is 6.64. The van der Waals surface area contributed by atoms with Gasteiger partial charge in [0.15, 0.2) is 10.8 Å². The molecule has 5 unspecified atom stereocenters. The van der Waals surface area contributed by atoms with E-state index in [0.717, 1.165) is 70.5 Å². The van der Waals surface area contributed by atoms with E-state index in [1.165, 1.54) is 28.4 Å². The summed E-state index contributed by atoms with van der Waals surface area (Å²) < 4.78 is 76.9. The van der Waals surface area contributed by atoms with Gasteiger partial charge in [-0.3, -0.25) is 38.6 Å². The maximum Gasteiger partial charge on any atom is 0.355 e. The lowest BCUT2D eigenvalue weighted by molar-refractivity contribution is -0.158. The summed E-state index contributed by atoms with van der Waals surface area (Å²) in [5.74, 6) is -2.54. The molecule has 6 aliphatic rings. The van der Waals surface area contributed by atoms with E-state index in [0.29, 0.717) is 107 Å². The summed E-state index contributed by atoms with van der Waals surface area (Å²) in [4.78, 5) is 77.6. The number of carboxylic acid groups (broad SMARTS) is 1. The number of benzene rings is 2. The molecule has 4 aliphatic carbocycles. The lowest BCUT2D eigenvalue weighted by Crippen LogP contribution is -2.57. The minimum Gasteiger partial charge on any atom is -0.476 e. The molecule has 4 saturated carbocycles. The SMILES string of the molecule is Cc1c(-c2ccc(N3CCc4cccc(C(=O)Nc5nc6ccccc6s5)c4C3)nc2C(=O)O)cnn1CC12CC3(OCCN(CCS(=O)(=O)O)C(=O)CCOCCOCCOCCOCCOCCOCCN4C(=O)C=CC4=O)CC4(C)CC(C)(C1)C4(C2)C3. The molecular weight excluding hydrogens is 1200 g/mol. The predicted molar refractivity (Wildman–Crippen MR) is 332 cm³/mol. The number of rotatable bonds is 35. The minimum absolute atomic E-state index is 0.00700. The number of carbonyl (C=O) groups is 5. The number of pyridine rings is 1. The van der Waals surface area contributed by atoms with Crippen molar-refractivity contribution in [2.45, 2.75) is 90.8 Å². The molecule has 0 radical (unpaired) electrons. The Morgan fingerprint density at radius 2 is 1.40 bits per heavy atom. The summed E-state index contributed by atoms with van der Waals surface area (Å²) in [5.41, 5.74) is 4.63. The normalized spacial score (nSPS) is 23.9. The van der Waals surface area contributed by atoms with Crippen LogP contribution in [0.15, 0.2) is 72.9 Å². The van der Waals surface area contributed by atoms with Crippen LogP contribution in [0.1, 0.15) is 96.5 Å². The number of ether oxygens (including phenoxy) is 7. The number of hydrogen-bond donors (Lipinski definition) is 3. The van der Waals surface area contributed by atoms with Crippen molar-refractivity contribution in [2.24, 2.45) is 21.7 Å². The molecular formula is C64H80N8O16S2. The quantitative estimate of drug-likeness (QED) is 0.0217. The van der Waals surface area contributed by atoms with Crippen LogP contribution < -0.4 is 10.2 Å². The molecule has 2 aliphatic heterocycles. The molecule has 90 heavy (non-hydrogen) atoms. The molecule has 0 saturated heterocycles. The first-order valence-corrected chi connectivity index (χ1v) is 33.3. The summed E-state index contributed by atoms with van der Waals surface area (Å²) in [7, 11) is -4.37. The molecule has 3 N–H and O–H groups in total. The van der Waals surface area contributed by atoms with Gasteiger partial charge in [0.05, 0.1) is 127 Å². The highest BCUT2D eigenvalue weighted by Gasteiger charge is 2.84. The van der Waals surface area contributed by atoms with E-state index in [2.05, 4.69) is 24.1 Å². The molecule has 484 valence electrons. The third kappa shape index (κ3) is 14.1. The van der Waals surface area contributed by atoms with Crippen LogP contribution in [-0.4, -0.2) is 201 Å². The van der Waals surface area contributed by atoms with Gasteiger partial charge in [0.25, 0.3) is 27.8 Å². The van der Waals surface area contributed by atoms with Crippen molar-refractivity contribution in [1.82, 2.24) is 29.5 Å². The third-order valence-electron chi connectivity index (χ3n) is 19.3. The number of fused-ring (bicyclic) bond motifs is 4. The number of imide groups is 1. The van der Waals surface area contributed by atoms with Crippen molar-refractivity contribution in [3.63, 3.8) is 0 Å². The van der Waals surface area contributed by atoms with Gasteiger partial charge < -0.3 is 48.1 Å². The number of para-hydroxylation sites is 1. The highest BCUT2D eigenvalue weighted by molar-refractivity contribution is 7.85. The summed E-state index contributed by atoms with van der Waals surface area (Å²) in [5, 5.41) is 19.2. The van der Waals surface area contributed by atoms with Crippen LogP contribution in [0.25, 0.3) is 21.3 Å². The van der Waals surface area contributed by atoms with Gasteiger partial charge in [-0.2, -0.15) is 13.5 Å². The molecule has 5 heterocycles. The Kier molecular flexibility index (Phi) is 19.7. The van der Waals surface area contributed by atoms with Gasteiger partial charge in [-0.15, -0.1) is 0 Å². The van der Waals surface area contributed by atoms with Crippen LogP contribution in [0.3, 0.4) is 0 Å². The first-order chi connectivity index (χ1) is 43.2. The van der Waals surface area contributed by atoms with Gasteiger partial charge in [-0.25, -0.2) is 14.8 Å². The van der Waals surface area contributed by atoms with Gasteiger partial charge >= 0.3 is 5.97 Å². The van der Waals surface area contributed by atoms with Gasteiger partial charge in [-0.05, 0) is 115 Å².